The fourth-order valence-corrected chi connectivity index (χ4v) is 3.95. The Morgan fingerprint density at radius 3 is 2.67 bits per heavy atom. The first kappa shape index (κ1) is 17.0. The SMILES string of the molecule is CN(C(=O)Cc1ccccc1C(F)(F)F)c1nc2c(s1)CCCC2. The quantitative estimate of drug-likeness (QED) is 0.826. The van der Waals surface area contributed by atoms with E-state index in [1.54, 1.807) is 7.05 Å². The van der Waals surface area contributed by atoms with Gasteiger partial charge in [-0.15, -0.1) is 11.3 Å². The van der Waals surface area contributed by atoms with Gasteiger partial charge in [-0.25, -0.2) is 4.98 Å². The Morgan fingerprint density at radius 2 is 1.96 bits per heavy atom. The summed E-state index contributed by atoms with van der Waals surface area (Å²) >= 11 is 1.46. The number of hydrogen-bond acceptors (Lipinski definition) is 3. The molecule has 1 heterocycles. The second-order valence-electron chi connectivity index (χ2n) is 5.86. The zero-order valence-electron chi connectivity index (χ0n) is 13.2. The van der Waals surface area contributed by atoms with Crippen molar-refractivity contribution in [3.63, 3.8) is 0 Å². The monoisotopic (exact) mass is 354 g/mol. The maximum Gasteiger partial charge on any atom is 0.416 e. The number of anilines is 1. The van der Waals surface area contributed by atoms with Crippen molar-refractivity contribution >= 4 is 22.4 Å². The van der Waals surface area contributed by atoms with Crippen LogP contribution in [0.3, 0.4) is 0 Å². The molecule has 1 aliphatic carbocycles. The van der Waals surface area contributed by atoms with E-state index in [-0.39, 0.29) is 12.0 Å². The summed E-state index contributed by atoms with van der Waals surface area (Å²) in [6.45, 7) is 0. The van der Waals surface area contributed by atoms with Crippen molar-refractivity contribution in [1.29, 1.82) is 0 Å². The van der Waals surface area contributed by atoms with Gasteiger partial charge in [0, 0.05) is 11.9 Å². The summed E-state index contributed by atoms with van der Waals surface area (Å²) in [6, 6.07) is 5.20. The second kappa shape index (κ2) is 6.55. The van der Waals surface area contributed by atoms with Crippen molar-refractivity contribution in [2.24, 2.45) is 0 Å². The fraction of sp³-hybridized carbons (Fsp3) is 0.412. The molecule has 0 unspecified atom stereocenters. The smallest absolute Gasteiger partial charge is 0.291 e. The van der Waals surface area contributed by atoms with Crippen LogP contribution in [0.2, 0.25) is 0 Å². The molecule has 1 amide bonds. The van der Waals surface area contributed by atoms with E-state index in [4.69, 9.17) is 0 Å². The summed E-state index contributed by atoms with van der Waals surface area (Å²) in [6.07, 6.45) is -0.680. The summed E-state index contributed by atoms with van der Waals surface area (Å²) in [5.41, 5.74) is 0.255. The van der Waals surface area contributed by atoms with E-state index >= 15 is 0 Å². The van der Waals surface area contributed by atoms with Crippen LogP contribution in [0.5, 0.6) is 0 Å². The Labute approximate surface area is 142 Å². The molecule has 0 aliphatic heterocycles. The summed E-state index contributed by atoms with van der Waals surface area (Å²) in [5, 5.41) is 0.566. The van der Waals surface area contributed by atoms with Crippen molar-refractivity contribution < 1.29 is 18.0 Å². The van der Waals surface area contributed by atoms with Crippen LogP contribution in [-0.4, -0.2) is 17.9 Å². The molecule has 0 atom stereocenters. The van der Waals surface area contributed by atoms with Crippen molar-refractivity contribution in [2.75, 3.05) is 11.9 Å². The molecular formula is C17H17F3N2OS. The number of carbonyl (C=O) groups is 1. The van der Waals surface area contributed by atoms with Gasteiger partial charge >= 0.3 is 6.18 Å². The lowest BCUT2D eigenvalue weighted by Crippen LogP contribution is -2.28. The summed E-state index contributed by atoms with van der Waals surface area (Å²) in [4.78, 5) is 19.5. The minimum absolute atomic E-state index is 0.0110. The molecule has 1 aromatic carbocycles. The van der Waals surface area contributed by atoms with E-state index in [0.29, 0.717) is 5.13 Å². The molecule has 0 fully saturated rings. The summed E-state index contributed by atoms with van der Waals surface area (Å²) in [7, 11) is 1.57. The highest BCUT2D eigenvalue weighted by atomic mass is 32.1. The van der Waals surface area contributed by atoms with Crippen LogP contribution in [-0.2, 0) is 30.2 Å². The first-order valence-corrected chi connectivity index (χ1v) is 8.58. The highest BCUT2D eigenvalue weighted by Gasteiger charge is 2.33. The molecule has 0 saturated heterocycles. The molecule has 3 rings (SSSR count). The highest BCUT2D eigenvalue weighted by molar-refractivity contribution is 7.15. The maximum absolute atomic E-state index is 13.0. The van der Waals surface area contributed by atoms with E-state index < -0.39 is 17.6 Å². The number of carbonyl (C=O) groups excluding carboxylic acids is 1. The number of likely N-dealkylation sites (N-methyl/N-ethyl adjacent to an activating group) is 1. The Hall–Kier alpha value is -1.89. The number of aryl methyl sites for hydroxylation is 2. The van der Waals surface area contributed by atoms with Crippen molar-refractivity contribution in [3.05, 3.63) is 46.0 Å². The molecule has 0 spiro atoms. The van der Waals surface area contributed by atoms with Gasteiger partial charge in [0.05, 0.1) is 17.7 Å². The Bertz CT molecular complexity index is 731. The number of benzene rings is 1. The minimum atomic E-state index is -4.46. The van der Waals surface area contributed by atoms with Gasteiger partial charge in [0.1, 0.15) is 0 Å². The first-order chi connectivity index (χ1) is 11.4. The van der Waals surface area contributed by atoms with Crippen LogP contribution >= 0.6 is 11.3 Å². The second-order valence-corrected chi connectivity index (χ2v) is 6.92. The van der Waals surface area contributed by atoms with Crippen LogP contribution in [0.25, 0.3) is 0 Å². The zero-order valence-corrected chi connectivity index (χ0v) is 14.0. The van der Waals surface area contributed by atoms with Crippen molar-refractivity contribution in [3.8, 4) is 0 Å². The predicted molar refractivity (Wildman–Crippen MR) is 87.3 cm³/mol. The number of aromatic nitrogens is 1. The third kappa shape index (κ3) is 3.45. The topological polar surface area (TPSA) is 33.2 Å². The standard InChI is InChI=1S/C17H17F3N2OS/c1-22(16-21-13-8-4-5-9-14(13)24-16)15(23)10-11-6-2-3-7-12(11)17(18,19)20/h2-3,6-7H,4-5,8-10H2,1H3. The van der Waals surface area contributed by atoms with E-state index in [1.807, 2.05) is 0 Å². The number of fused-ring (bicyclic) bond motifs is 1. The van der Waals surface area contributed by atoms with Crippen LogP contribution in [0.4, 0.5) is 18.3 Å². The molecule has 0 radical (unpaired) electrons. The molecule has 3 nitrogen and oxygen atoms in total. The lowest BCUT2D eigenvalue weighted by atomic mass is 10.0. The molecule has 128 valence electrons. The van der Waals surface area contributed by atoms with Crippen LogP contribution in [0.1, 0.15) is 34.5 Å². The minimum Gasteiger partial charge on any atom is -0.291 e. The normalized spacial score (nSPS) is 14.3. The van der Waals surface area contributed by atoms with Gasteiger partial charge in [-0.3, -0.25) is 9.69 Å². The zero-order chi connectivity index (χ0) is 17.3. The maximum atomic E-state index is 13.0. The van der Waals surface area contributed by atoms with E-state index in [1.165, 1.54) is 39.3 Å². The number of halogens is 3. The predicted octanol–water partition coefficient (Wildman–Crippen LogP) is 4.25. The van der Waals surface area contributed by atoms with Gasteiger partial charge in [0.15, 0.2) is 5.13 Å². The number of amides is 1. The molecular weight excluding hydrogens is 337 g/mol. The van der Waals surface area contributed by atoms with E-state index in [0.717, 1.165) is 37.4 Å². The summed E-state index contributed by atoms with van der Waals surface area (Å²) < 4.78 is 39.1. The number of nitrogens with zero attached hydrogens (tertiary/aromatic N) is 2. The molecule has 0 N–H and O–H groups in total. The van der Waals surface area contributed by atoms with E-state index in [9.17, 15) is 18.0 Å². The Kier molecular flexibility index (Phi) is 4.62. The number of rotatable bonds is 3. The van der Waals surface area contributed by atoms with Gasteiger partial charge in [-0.1, -0.05) is 18.2 Å². The Morgan fingerprint density at radius 1 is 1.25 bits per heavy atom. The molecule has 2 aromatic rings. The van der Waals surface area contributed by atoms with Gasteiger partial charge in [0.2, 0.25) is 5.91 Å². The van der Waals surface area contributed by atoms with Gasteiger partial charge in [-0.05, 0) is 37.3 Å². The van der Waals surface area contributed by atoms with Gasteiger partial charge in [-0.2, -0.15) is 13.2 Å². The van der Waals surface area contributed by atoms with Crippen LogP contribution < -0.4 is 4.90 Å². The molecule has 24 heavy (non-hydrogen) atoms. The van der Waals surface area contributed by atoms with E-state index in [2.05, 4.69) is 4.98 Å². The molecule has 0 saturated carbocycles. The van der Waals surface area contributed by atoms with Crippen molar-refractivity contribution in [2.45, 2.75) is 38.3 Å². The molecule has 0 bridgehead atoms. The number of thiazole rings is 1. The number of hydrogen-bond donors (Lipinski definition) is 0. The molecule has 7 heteroatoms. The average molecular weight is 354 g/mol. The number of alkyl halides is 3. The lowest BCUT2D eigenvalue weighted by Gasteiger charge is -2.16. The molecule has 1 aliphatic rings. The first-order valence-electron chi connectivity index (χ1n) is 7.76. The van der Waals surface area contributed by atoms with Gasteiger partial charge < -0.3 is 0 Å². The third-order valence-electron chi connectivity index (χ3n) is 4.16. The third-order valence-corrected chi connectivity index (χ3v) is 5.39. The van der Waals surface area contributed by atoms with Crippen LogP contribution in [0.15, 0.2) is 24.3 Å². The molecule has 1 aromatic heterocycles. The Balaban J connectivity index is 1.79. The highest BCUT2D eigenvalue weighted by Crippen LogP contribution is 2.34. The van der Waals surface area contributed by atoms with Crippen molar-refractivity contribution in [1.82, 2.24) is 4.98 Å². The fourth-order valence-electron chi connectivity index (χ4n) is 2.82. The largest absolute Gasteiger partial charge is 0.416 e. The average Bonchev–Trinajstić information content (AvgIpc) is 2.97. The summed E-state index contributed by atoms with van der Waals surface area (Å²) in [5.74, 6) is -0.391. The lowest BCUT2D eigenvalue weighted by molar-refractivity contribution is -0.138. The van der Waals surface area contributed by atoms with Crippen LogP contribution in [0, 0.1) is 0 Å². The van der Waals surface area contributed by atoms with Gasteiger partial charge in [0.25, 0.3) is 0 Å².